The Morgan fingerprint density at radius 1 is 1.04 bits per heavy atom. The summed E-state index contributed by atoms with van der Waals surface area (Å²) >= 11 is 0. The molecule has 126 valence electrons. The summed E-state index contributed by atoms with van der Waals surface area (Å²) < 4.78 is 0. The molecule has 2 heterocycles. The second-order valence-corrected chi connectivity index (χ2v) is 6.48. The van der Waals surface area contributed by atoms with Crippen LogP contribution in [0, 0.1) is 20.8 Å². The molecule has 1 fully saturated rings. The monoisotopic (exact) mass is 324 g/mol. The number of hydrogen-bond acceptors (Lipinski definition) is 4. The summed E-state index contributed by atoms with van der Waals surface area (Å²) in [4.78, 5) is 23.7. The van der Waals surface area contributed by atoms with Crippen molar-refractivity contribution in [2.75, 3.05) is 23.3 Å². The van der Waals surface area contributed by atoms with Gasteiger partial charge in [-0.2, -0.15) is 0 Å². The Morgan fingerprint density at radius 3 is 2.50 bits per heavy atom. The molecule has 1 saturated heterocycles. The van der Waals surface area contributed by atoms with Gasteiger partial charge in [0.2, 0.25) is 0 Å². The SMILES string of the molecule is Cc1ccc(NC(=O)c2cc(N3CCCCC3)nc(C)n2)c(C)c1. The van der Waals surface area contributed by atoms with Crippen LogP contribution >= 0.6 is 0 Å². The van der Waals surface area contributed by atoms with Crippen LogP contribution in [0.2, 0.25) is 0 Å². The molecule has 1 aliphatic rings. The van der Waals surface area contributed by atoms with Gasteiger partial charge in [-0.15, -0.1) is 0 Å². The molecule has 1 aromatic heterocycles. The van der Waals surface area contributed by atoms with Gasteiger partial charge >= 0.3 is 0 Å². The zero-order chi connectivity index (χ0) is 17.1. The van der Waals surface area contributed by atoms with E-state index in [0.29, 0.717) is 11.5 Å². The molecule has 3 rings (SSSR count). The van der Waals surface area contributed by atoms with Gasteiger partial charge in [-0.3, -0.25) is 4.79 Å². The number of nitrogens with one attached hydrogen (secondary N) is 1. The van der Waals surface area contributed by atoms with Crippen molar-refractivity contribution in [1.82, 2.24) is 9.97 Å². The van der Waals surface area contributed by atoms with Gasteiger partial charge in [0.05, 0.1) is 0 Å². The largest absolute Gasteiger partial charge is 0.356 e. The molecule has 0 atom stereocenters. The maximum Gasteiger partial charge on any atom is 0.274 e. The van der Waals surface area contributed by atoms with Crippen molar-refractivity contribution in [3.63, 3.8) is 0 Å². The number of carbonyl (C=O) groups is 1. The van der Waals surface area contributed by atoms with Gasteiger partial charge in [0.15, 0.2) is 0 Å². The van der Waals surface area contributed by atoms with Gasteiger partial charge in [0.1, 0.15) is 17.3 Å². The molecule has 2 aromatic rings. The minimum Gasteiger partial charge on any atom is -0.356 e. The van der Waals surface area contributed by atoms with Gasteiger partial charge in [0, 0.05) is 24.8 Å². The molecule has 24 heavy (non-hydrogen) atoms. The third-order valence-electron chi connectivity index (χ3n) is 4.37. The number of benzene rings is 1. The van der Waals surface area contributed by atoms with Gasteiger partial charge in [-0.25, -0.2) is 9.97 Å². The quantitative estimate of drug-likeness (QED) is 0.936. The first-order valence-electron chi connectivity index (χ1n) is 8.52. The lowest BCUT2D eigenvalue weighted by Crippen LogP contribution is -2.31. The molecule has 0 unspecified atom stereocenters. The lowest BCUT2D eigenvalue weighted by Gasteiger charge is -2.28. The van der Waals surface area contributed by atoms with E-state index in [1.807, 2.05) is 32.9 Å². The van der Waals surface area contributed by atoms with Crippen LogP contribution in [-0.4, -0.2) is 29.0 Å². The normalized spacial score (nSPS) is 14.5. The van der Waals surface area contributed by atoms with Crippen LogP contribution in [0.1, 0.15) is 46.7 Å². The predicted molar refractivity (Wildman–Crippen MR) is 96.7 cm³/mol. The lowest BCUT2D eigenvalue weighted by molar-refractivity contribution is 0.102. The van der Waals surface area contributed by atoms with E-state index in [0.717, 1.165) is 30.2 Å². The van der Waals surface area contributed by atoms with Crippen LogP contribution in [0.15, 0.2) is 24.3 Å². The summed E-state index contributed by atoms with van der Waals surface area (Å²) in [6.07, 6.45) is 3.61. The van der Waals surface area contributed by atoms with Crippen molar-refractivity contribution >= 4 is 17.4 Å². The number of carbonyl (C=O) groups excluding carboxylic acids is 1. The number of amides is 1. The average molecular weight is 324 g/mol. The fourth-order valence-electron chi connectivity index (χ4n) is 3.09. The second-order valence-electron chi connectivity index (χ2n) is 6.48. The number of hydrogen-bond donors (Lipinski definition) is 1. The van der Waals surface area contributed by atoms with Crippen LogP contribution in [0.5, 0.6) is 0 Å². The number of piperidine rings is 1. The van der Waals surface area contributed by atoms with E-state index in [9.17, 15) is 4.79 Å². The molecule has 1 N–H and O–H groups in total. The molecule has 1 amide bonds. The van der Waals surface area contributed by atoms with Crippen LogP contribution in [0.4, 0.5) is 11.5 Å². The highest BCUT2D eigenvalue weighted by Gasteiger charge is 2.17. The maximum absolute atomic E-state index is 12.6. The first kappa shape index (κ1) is 16.4. The van der Waals surface area contributed by atoms with Crippen molar-refractivity contribution in [2.24, 2.45) is 0 Å². The predicted octanol–water partition coefficient (Wildman–Crippen LogP) is 3.64. The second kappa shape index (κ2) is 6.99. The van der Waals surface area contributed by atoms with E-state index in [1.54, 1.807) is 6.07 Å². The van der Waals surface area contributed by atoms with Gasteiger partial charge in [0.25, 0.3) is 5.91 Å². The Kier molecular flexibility index (Phi) is 4.79. The number of nitrogens with zero attached hydrogens (tertiary/aromatic N) is 3. The summed E-state index contributed by atoms with van der Waals surface area (Å²) in [6, 6.07) is 7.78. The summed E-state index contributed by atoms with van der Waals surface area (Å²) in [5, 5.41) is 2.96. The van der Waals surface area contributed by atoms with E-state index in [-0.39, 0.29) is 5.91 Å². The fourth-order valence-corrected chi connectivity index (χ4v) is 3.09. The van der Waals surface area contributed by atoms with Crippen molar-refractivity contribution in [1.29, 1.82) is 0 Å². The summed E-state index contributed by atoms with van der Waals surface area (Å²) in [5.74, 6) is 1.29. The first-order chi connectivity index (χ1) is 11.5. The Labute approximate surface area is 143 Å². The third kappa shape index (κ3) is 3.72. The summed E-state index contributed by atoms with van der Waals surface area (Å²) in [5.41, 5.74) is 3.46. The lowest BCUT2D eigenvalue weighted by atomic mass is 10.1. The average Bonchev–Trinajstić information content (AvgIpc) is 2.57. The van der Waals surface area contributed by atoms with Gasteiger partial charge in [-0.1, -0.05) is 17.7 Å². The highest BCUT2D eigenvalue weighted by molar-refractivity contribution is 6.03. The van der Waals surface area contributed by atoms with Gasteiger partial charge < -0.3 is 10.2 Å². The summed E-state index contributed by atoms with van der Waals surface area (Å²) in [7, 11) is 0. The Morgan fingerprint density at radius 2 is 1.79 bits per heavy atom. The molecule has 0 aliphatic carbocycles. The molecular weight excluding hydrogens is 300 g/mol. The highest BCUT2D eigenvalue weighted by atomic mass is 16.1. The highest BCUT2D eigenvalue weighted by Crippen LogP contribution is 2.20. The van der Waals surface area contributed by atoms with Crippen LogP contribution in [-0.2, 0) is 0 Å². The van der Waals surface area contributed by atoms with Crippen molar-refractivity contribution in [3.8, 4) is 0 Å². The van der Waals surface area contributed by atoms with E-state index in [2.05, 4.69) is 26.3 Å². The van der Waals surface area contributed by atoms with E-state index in [4.69, 9.17) is 0 Å². The smallest absolute Gasteiger partial charge is 0.274 e. The fraction of sp³-hybridized carbons (Fsp3) is 0.421. The molecule has 1 aliphatic heterocycles. The summed E-state index contributed by atoms with van der Waals surface area (Å²) in [6.45, 7) is 7.86. The minimum absolute atomic E-state index is 0.189. The standard InChI is InChI=1S/C19H24N4O/c1-13-7-8-16(14(2)11-13)22-19(24)17-12-18(21-15(3)20-17)23-9-5-4-6-10-23/h7-8,11-12H,4-6,9-10H2,1-3H3,(H,22,24). The topological polar surface area (TPSA) is 58.1 Å². The maximum atomic E-state index is 12.6. The van der Waals surface area contributed by atoms with E-state index >= 15 is 0 Å². The number of rotatable bonds is 3. The van der Waals surface area contributed by atoms with Crippen molar-refractivity contribution in [3.05, 3.63) is 46.9 Å². The van der Waals surface area contributed by atoms with Crippen LogP contribution in [0.25, 0.3) is 0 Å². The minimum atomic E-state index is -0.189. The number of aryl methyl sites for hydroxylation is 3. The molecule has 0 spiro atoms. The molecule has 5 nitrogen and oxygen atoms in total. The molecule has 5 heteroatoms. The first-order valence-corrected chi connectivity index (χ1v) is 8.52. The number of aromatic nitrogens is 2. The van der Waals surface area contributed by atoms with Crippen molar-refractivity contribution in [2.45, 2.75) is 40.0 Å². The molecule has 0 radical (unpaired) electrons. The van der Waals surface area contributed by atoms with Crippen molar-refractivity contribution < 1.29 is 4.79 Å². The molecule has 0 saturated carbocycles. The Hall–Kier alpha value is -2.43. The van der Waals surface area contributed by atoms with Crippen LogP contribution in [0.3, 0.4) is 0 Å². The Balaban J connectivity index is 1.82. The van der Waals surface area contributed by atoms with Crippen LogP contribution < -0.4 is 10.2 Å². The zero-order valence-corrected chi connectivity index (χ0v) is 14.6. The zero-order valence-electron chi connectivity index (χ0n) is 14.6. The van der Waals surface area contributed by atoms with E-state index in [1.165, 1.54) is 24.8 Å². The Bertz CT molecular complexity index is 751. The third-order valence-corrected chi connectivity index (χ3v) is 4.37. The number of anilines is 2. The van der Waals surface area contributed by atoms with Gasteiger partial charge in [-0.05, 0) is 51.7 Å². The molecule has 1 aromatic carbocycles. The molecular formula is C19H24N4O. The van der Waals surface area contributed by atoms with E-state index < -0.39 is 0 Å². The molecule has 0 bridgehead atoms.